The summed E-state index contributed by atoms with van der Waals surface area (Å²) in [5, 5.41) is 5.26. The SMILES string of the molecule is Cc1cccc(OC2=CC3C(=C4N=C5N=C(N=c6[nH]c(c7ccc(Oc8cccc(C)c8)cc67)=NC6=NC(=NC3N4)c3ccc(Oc4cccc(C)c4)cc36)c3ccc(Oc4cccc(C)c4)cc35)C=C2)c1. The Morgan fingerprint density at radius 3 is 1.46 bits per heavy atom. The summed E-state index contributed by atoms with van der Waals surface area (Å²) in [6.45, 7) is 8.17. The van der Waals surface area contributed by atoms with Crippen LogP contribution in [0.15, 0.2) is 217 Å². The van der Waals surface area contributed by atoms with Crippen LogP contribution in [0.4, 0.5) is 0 Å². The molecule has 0 radical (unpaired) electrons. The molecule has 0 amide bonds. The molecule has 0 saturated heterocycles. The van der Waals surface area contributed by atoms with E-state index in [0.717, 1.165) is 83.9 Å². The molecule has 2 atom stereocenters. The van der Waals surface area contributed by atoms with Crippen LogP contribution < -0.4 is 35.2 Å². The number of aliphatic imine (C=N–C) groups is 4. The molecule has 1 aliphatic carbocycles. The number of hydrogen-bond acceptors (Lipinski definition) is 11. The van der Waals surface area contributed by atoms with Crippen LogP contribution in [0.25, 0.3) is 10.8 Å². The zero-order valence-corrected chi connectivity index (χ0v) is 39.6. The number of nitrogens with one attached hydrogen (secondary N) is 2. The van der Waals surface area contributed by atoms with Crippen molar-refractivity contribution >= 4 is 34.1 Å². The molecule has 13 rings (SSSR count). The summed E-state index contributed by atoms with van der Waals surface area (Å²) in [6, 6.07) is 49.6. The molecule has 8 aromatic rings. The Kier molecular flexibility index (Phi) is 10.2. The standard InChI is InChI=1S/C60H44N8O4/c1-33-9-5-13-37(25-33)69-41-17-21-45-49(29-41)57-61-53(45)66-58-51-31-43(71-39-15-7-11-35(3)27-39)19-23-47(51)55(63-58)68-60-52-32-44(72-40-16-8-12-36(4)28-40)20-24-48(52)56(64-60)67-59-50-30-42(18-22-46(50)54(62-59)65-57)70-38-14-6-10-34(2)26-38/h5-32,49,57,61H,1-4H3,(H,62,63,64,65,66,67,68). The number of hydrogen-bond donors (Lipinski definition) is 2. The fourth-order valence-corrected chi connectivity index (χ4v) is 9.54. The average Bonchev–Trinajstić information content (AvgIpc) is 4.09. The van der Waals surface area contributed by atoms with Crippen LogP contribution in [0.5, 0.6) is 40.2 Å². The van der Waals surface area contributed by atoms with Crippen LogP contribution in [-0.4, -0.2) is 34.5 Å². The number of H-pyrrole nitrogens is 1. The highest BCUT2D eigenvalue weighted by molar-refractivity contribution is 6.24. The number of aromatic nitrogens is 1. The molecular formula is C60H44N8O4. The second-order valence-electron chi connectivity index (χ2n) is 18.4. The van der Waals surface area contributed by atoms with Gasteiger partial charge in [-0.25, -0.2) is 30.0 Å². The van der Waals surface area contributed by atoms with Crippen molar-refractivity contribution in [1.82, 2.24) is 10.3 Å². The highest BCUT2D eigenvalue weighted by atomic mass is 16.5. The topological polar surface area (TPSA) is 139 Å². The number of allylic oxidation sites excluding steroid dienone is 2. The van der Waals surface area contributed by atoms with Gasteiger partial charge in [0.1, 0.15) is 69.0 Å². The van der Waals surface area contributed by atoms with Gasteiger partial charge in [-0.3, -0.25) is 0 Å². The molecule has 7 aromatic carbocycles. The monoisotopic (exact) mass is 940 g/mol. The molecule has 12 nitrogen and oxygen atoms in total. The Labute approximate surface area is 414 Å². The zero-order valence-electron chi connectivity index (χ0n) is 39.6. The van der Waals surface area contributed by atoms with E-state index in [9.17, 15) is 0 Å². The number of amidine groups is 4. The maximum absolute atomic E-state index is 6.47. The number of ether oxygens (including phenoxy) is 4. The molecule has 8 bridgehead atoms. The van der Waals surface area contributed by atoms with Gasteiger partial charge >= 0.3 is 0 Å². The number of aromatic amines is 1. The Morgan fingerprint density at radius 2 is 0.875 bits per heavy atom. The molecule has 4 aliphatic heterocycles. The van der Waals surface area contributed by atoms with Crippen LogP contribution in [-0.2, 0) is 0 Å². The lowest BCUT2D eigenvalue weighted by Crippen LogP contribution is -2.28. The molecule has 0 saturated carbocycles. The summed E-state index contributed by atoms with van der Waals surface area (Å²) < 4.78 is 25.8. The van der Waals surface area contributed by atoms with Crippen molar-refractivity contribution in [3.8, 4) is 40.2 Å². The molecule has 5 heterocycles. The lowest BCUT2D eigenvalue weighted by Gasteiger charge is -2.19. The van der Waals surface area contributed by atoms with E-state index < -0.39 is 6.17 Å². The molecule has 1 aromatic heterocycles. The summed E-state index contributed by atoms with van der Waals surface area (Å²) in [6.07, 6.45) is 5.56. The van der Waals surface area contributed by atoms with Crippen molar-refractivity contribution in [1.29, 1.82) is 0 Å². The molecule has 0 fully saturated rings. The van der Waals surface area contributed by atoms with Gasteiger partial charge in [0.25, 0.3) is 0 Å². The summed E-state index contributed by atoms with van der Waals surface area (Å²) in [4.78, 5) is 35.3. The van der Waals surface area contributed by atoms with Crippen molar-refractivity contribution in [2.75, 3.05) is 0 Å². The summed E-state index contributed by atoms with van der Waals surface area (Å²) in [5.74, 6) is 7.73. The smallest absolute Gasteiger partial charge is 0.164 e. The van der Waals surface area contributed by atoms with E-state index in [1.807, 2.05) is 192 Å². The van der Waals surface area contributed by atoms with Crippen molar-refractivity contribution in [2.24, 2.45) is 35.9 Å². The summed E-state index contributed by atoms with van der Waals surface area (Å²) >= 11 is 0. The Balaban J connectivity index is 1.01. The van der Waals surface area contributed by atoms with Gasteiger partial charge in [-0.05, 0) is 165 Å². The molecule has 72 heavy (non-hydrogen) atoms. The molecule has 12 heteroatoms. The van der Waals surface area contributed by atoms with Crippen molar-refractivity contribution < 1.29 is 18.9 Å². The maximum atomic E-state index is 6.47. The largest absolute Gasteiger partial charge is 0.458 e. The van der Waals surface area contributed by atoms with Crippen LogP contribution in [0, 0.1) is 33.6 Å². The quantitative estimate of drug-likeness (QED) is 0.156. The van der Waals surface area contributed by atoms with Crippen molar-refractivity contribution in [3.63, 3.8) is 0 Å². The van der Waals surface area contributed by atoms with E-state index in [1.54, 1.807) is 0 Å². The van der Waals surface area contributed by atoms with E-state index in [-0.39, 0.29) is 5.92 Å². The Hall–Kier alpha value is -9.42. The van der Waals surface area contributed by atoms with Crippen LogP contribution in [0.2, 0.25) is 0 Å². The van der Waals surface area contributed by atoms with Crippen molar-refractivity contribution in [2.45, 2.75) is 33.9 Å². The third-order valence-electron chi connectivity index (χ3n) is 13.0. The number of rotatable bonds is 8. The van der Waals surface area contributed by atoms with Gasteiger partial charge in [0.15, 0.2) is 23.3 Å². The minimum atomic E-state index is -0.544. The van der Waals surface area contributed by atoms with Gasteiger partial charge < -0.3 is 29.2 Å². The Morgan fingerprint density at radius 1 is 0.403 bits per heavy atom. The summed E-state index contributed by atoms with van der Waals surface area (Å²) in [5.41, 5.74) is 9.49. The third kappa shape index (κ3) is 8.14. The predicted molar refractivity (Wildman–Crippen MR) is 280 cm³/mol. The minimum Gasteiger partial charge on any atom is -0.458 e. The first-order valence-corrected chi connectivity index (χ1v) is 23.8. The van der Waals surface area contributed by atoms with E-state index in [4.69, 9.17) is 48.9 Å². The first kappa shape index (κ1) is 42.7. The number of fused-ring (bicyclic) bond motifs is 17. The third-order valence-corrected chi connectivity index (χ3v) is 13.0. The van der Waals surface area contributed by atoms with Crippen LogP contribution in [0.1, 0.15) is 44.5 Å². The van der Waals surface area contributed by atoms with Gasteiger partial charge in [0.05, 0.1) is 5.92 Å². The summed E-state index contributed by atoms with van der Waals surface area (Å²) in [7, 11) is 0. The highest BCUT2D eigenvalue weighted by Gasteiger charge is 2.37. The molecule has 2 N–H and O–H groups in total. The van der Waals surface area contributed by atoms with E-state index in [0.29, 0.717) is 63.1 Å². The van der Waals surface area contributed by atoms with E-state index in [1.165, 1.54) is 0 Å². The fraction of sp³-hybridized carbons (Fsp3) is 0.100. The second kappa shape index (κ2) is 17.2. The lowest BCUT2D eigenvalue weighted by molar-refractivity contribution is 0.429. The van der Waals surface area contributed by atoms with E-state index in [2.05, 4.69) is 16.4 Å². The molecule has 2 unspecified atom stereocenters. The second-order valence-corrected chi connectivity index (χ2v) is 18.4. The first-order valence-electron chi connectivity index (χ1n) is 23.8. The van der Waals surface area contributed by atoms with Gasteiger partial charge in [-0.2, -0.15) is 0 Å². The van der Waals surface area contributed by atoms with Gasteiger partial charge in [-0.15, -0.1) is 0 Å². The van der Waals surface area contributed by atoms with Gasteiger partial charge in [0.2, 0.25) is 0 Å². The lowest BCUT2D eigenvalue weighted by atomic mass is 9.94. The highest BCUT2D eigenvalue weighted by Crippen LogP contribution is 2.38. The first-order chi connectivity index (χ1) is 35.2. The normalized spacial score (nSPS) is 17.0. The number of aryl methyl sites for hydroxylation is 4. The average molecular weight is 941 g/mol. The molecule has 0 spiro atoms. The predicted octanol–water partition coefficient (Wildman–Crippen LogP) is 11.7. The van der Waals surface area contributed by atoms with Crippen molar-refractivity contribution in [3.05, 3.63) is 243 Å². The van der Waals surface area contributed by atoms with Crippen LogP contribution >= 0.6 is 0 Å². The molecular weight excluding hydrogens is 897 g/mol. The zero-order chi connectivity index (χ0) is 48.5. The van der Waals surface area contributed by atoms with E-state index >= 15 is 0 Å². The number of benzene rings is 7. The molecule has 5 aliphatic rings. The Bertz CT molecular complexity index is 3990. The van der Waals surface area contributed by atoms with Crippen LogP contribution in [0.3, 0.4) is 0 Å². The molecule has 348 valence electrons. The number of nitrogens with zero attached hydrogens (tertiary/aromatic N) is 6. The maximum Gasteiger partial charge on any atom is 0.164 e. The fourth-order valence-electron chi connectivity index (χ4n) is 9.54. The minimum absolute atomic E-state index is 0.295. The van der Waals surface area contributed by atoms with Gasteiger partial charge in [-0.1, -0.05) is 54.6 Å². The van der Waals surface area contributed by atoms with Gasteiger partial charge in [0, 0.05) is 38.6 Å².